The molecule has 2 N–H and O–H groups in total. The molecular formula is C16H19N3OS. The lowest BCUT2D eigenvalue weighted by atomic mass is 10.0. The van der Waals surface area contributed by atoms with Crippen LogP contribution in [0, 0.1) is 0 Å². The molecule has 110 valence electrons. The Morgan fingerprint density at radius 1 is 1.00 bits per heavy atom. The van der Waals surface area contributed by atoms with E-state index in [2.05, 4.69) is 15.6 Å². The fourth-order valence-corrected chi connectivity index (χ4v) is 3.58. The average Bonchev–Trinajstić information content (AvgIpc) is 2.81. The summed E-state index contributed by atoms with van der Waals surface area (Å²) in [5.74, 6) is 0. The van der Waals surface area contributed by atoms with Gasteiger partial charge in [-0.1, -0.05) is 31.0 Å². The first-order chi connectivity index (χ1) is 10.3. The second-order valence-electron chi connectivity index (χ2n) is 5.25. The van der Waals surface area contributed by atoms with Crippen molar-refractivity contribution in [1.82, 2.24) is 4.98 Å². The highest BCUT2D eigenvalue weighted by Crippen LogP contribution is 2.28. The van der Waals surface area contributed by atoms with Crippen molar-refractivity contribution < 1.29 is 4.79 Å². The second kappa shape index (κ2) is 6.72. The quantitative estimate of drug-likeness (QED) is 0.861. The maximum Gasteiger partial charge on any atom is 0.325 e. The zero-order valence-electron chi connectivity index (χ0n) is 11.9. The first-order valence-corrected chi connectivity index (χ1v) is 8.24. The van der Waals surface area contributed by atoms with Crippen LogP contribution in [0.3, 0.4) is 0 Å². The minimum Gasteiger partial charge on any atom is -0.308 e. The van der Waals surface area contributed by atoms with Crippen molar-refractivity contribution in [3.05, 3.63) is 40.9 Å². The summed E-state index contributed by atoms with van der Waals surface area (Å²) in [6.07, 6.45) is 7.14. The summed E-state index contributed by atoms with van der Waals surface area (Å²) in [7, 11) is 0. The number of fused-ring (bicyclic) bond motifs is 1. The average molecular weight is 301 g/mol. The first-order valence-electron chi connectivity index (χ1n) is 7.43. The molecule has 1 aromatic heterocycles. The van der Waals surface area contributed by atoms with Gasteiger partial charge in [0, 0.05) is 10.6 Å². The zero-order chi connectivity index (χ0) is 14.5. The van der Waals surface area contributed by atoms with Gasteiger partial charge in [-0.15, -0.1) is 11.3 Å². The molecule has 1 aromatic carbocycles. The van der Waals surface area contributed by atoms with Gasteiger partial charge in [-0.05, 0) is 37.8 Å². The highest BCUT2D eigenvalue weighted by molar-refractivity contribution is 7.15. The van der Waals surface area contributed by atoms with E-state index in [0.717, 1.165) is 18.5 Å². The highest BCUT2D eigenvalue weighted by Gasteiger charge is 2.14. The van der Waals surface area contributed by atoms with Gasteiger partial charge >= 0.3 is 6.03 Å². The van der Waals surface area contributed by atoms with Crippen LogP contribution in [0.25, 0.3) is 0 Å². The number of para-hydroxylation sites is 1. The van der Waals surface area contributed by atoms with Crippen LogP contribution in [0.15, 0.2) is 30.3 Å². The van der Waals surface area contributed by atoms with E-state index >= 15 is 0 Å². The number of thiazole rings is 1. The summed E-state index contributed by atoms with van der Waals surface area (Å²) in [6, 6.07) is 9.20. The molecule has 21 heavy (non-hydrogen) atoms. The summed E-state index contributed by atoms with van der Waals surface area (Å²) in [6.45, 7) is 0. The summed E-state index contributed by atoms with van der Waals surface area (Å²) >= 11 is 1.61. The zero-order valence-corrected chi connectivity index (χ0v) is 12.7. The predicted molar refractivity (Wildman–Crippen MR) is 87.1 cm³/mol. The van der Waals surface area contributed by atoms with E-state index in [1.54, 1.807) is 11.3 Å². The van der Waals surface area contributed by atoms with Gasteiger partial charge in [-0.2, -0.15) is 0 Å². The Kier molecular flexibility index (Phi) is 4.50. The number of carbonyl (C=O) groups excluding carboxylic acids is 1. The molecule has 0 aliphatic heterocycles. The lowest BCUT2D eigenvalue weighted by Gasteiger charge is -2.06. The van der Waals surface area contributed by atoms with Gasteiger partial charge < -0.3 is 5.32 Å². The molecule has 0 bridgehead atoms. The Bertz CT molecular complexity index is 584. The molecule has 3 rings (SSSR count). The molecule has 0 radical (unpaired) electrons. The Morgan fingerprint density at radius 3 is 2.57 bits per heavy atom. The molecule has 0 atom stereocenters. The van der Waals surface area contributed by atoms with Crippen LogP contribution in [-0.4, -0.2) is 11.0 Å². The van der Waals surface area contributed by atoms with Gasteiger partial charge in [-0.25, -0.2) is 9.78 Å². The van der Waals surface area contributed by atoms with Crippen LogP contribution in [-0.2, 0) is 12.8 Å². The summed E-state index contributed by atoms with van der Waals surface area (Å²) in [5, 5.41) is 6.36. The van der Waals surface area contributed by atoms with Crippen molar-refractivity contribution in [2.45, 2.75) is 38.5 Å². The maximum atomic E-state index is 12.0. The van der Waals surface area contributed by atoms with Crippen molar-refractivity contribution in [3.63, 3.8) is 0 Å². The molecule has 0 saturated heterocycles. The Balaban J connectivity index is 1.64. The smallest absolute Gasteiger partial charge is 0.308 e. The van der Waals surface area contributed by atoms with Crippen molar-refractivity contribution in [3.8, 4) is 0 Å². The molecule has 0 saturated carbocycles. The van der Waals surface area contributed by atoms with E-state index in [4.69, 9.17) is 0 Å². The molecule has 0 unspecified atom stereocenters. The van der Waals surface area contributed by atoms with Crippen LogP contribution in [0.2, 0.25) is 0 Å². The fourth-order valence-electron chi connectivity index (χ4n) is 2.54. The number of nitrogens with one attached hydrogen (secondary N) is 2. The molecule has 4 nitrogen and oxygen atoms in total. The molecule has 2 amide bonds. The fraction of sp³-hybridized carbons (Fsp3) is 0.375. The Labute approximate surface area is 128 Å². The lowest BCUT2D eigenvalue weighted by Crippen LogP contribution is -2.19. The van der Waals surface area contributed by atoms with Gasteiger partial charge in [0.25, 0.3) is 0 Å². The van der Waals surface area contributed by atoms with Crippen LogP contribution in [0.1, 0.15) is 36.3 Å². The third-order valence-electron chi connectivity index (χ3n) is 3.60. The number of aromatic nitrogens is 1. The van der Waals surface area contributed by atoms with E-state index in [1.807, 2.05) is 30.3 Å². The van der Waals surface area contributed by atoms with E-state index in [1.165, 1.54) is 36.3 Å². The number of rotatable bonds is 2. The molecule has 1 aliphatic carbocycles. The van der Waals surface area contributed by atoms with Crippen molar-refractivity contribution >= 4 is 28.2 Å². The molecule has 2 aromatic rings. The van der Waals surface area contributed by atoms with Crippen LogP contribution in [0.5, 0.6) is 0 Å². The van der Waals surface area contributed by atoms with E-state index in [-0.39, 0.29) is 6.03 Å². The third kappa shape index (κ3) is 3.82. The normalized spacial score (nSPS) is 14.7. The number of hydrogen-bond donors (Lipinski definition) is 2. The molecule has 0 fully saturated rings. The summed E-state index contributed by atoms with van der Waals surface area (Å²) in [5.41, 5.74) is 1.96. The van der Waals surface area contributed by atoms with Gasteiger partial charge in [0.1, 0.15) is 0 Å². The molecule has 0 spiro atoms. The molecule has 1 heterocycles. The van der Waals surface area contributed by atoms with Crippen molar-refractivity contribution in [2.75, 3.05) is 10.6 Å². The number of nitrogens with zero attached hydrogens (tertiary/aromatic N) is 1. The van der Waals surface area contributed by atoms with Gasteiger partial charge in [0.15, 0.2) is 5.13 Å². The van der Waals surface area contributed by atoms with E-state index in [9.17, 15) is 4.79 Å². The SMILES string of the molecule is O=C(Nc1ccccc1)Nc1nc2c(s1)CCCCCC2. The third-order valence-corrected chi connectivity index (χ3v) is 4.67. The number of anilines is 2. The Morgan fingerprint density at radius 2 is 1.76 bits per heavy atom. The standard InChI is InChI=1S/C16H19N3OS/c20-15(17-12-8-4-3-5-9-12)19-16-18-13-10-6-1-2-7-11-14(13)21-16/h3-5,8-9H,1-2,6-7,10-11H2,(H2,17,18,19,20). The van der Waals surface area contributed by atoms with Crippen molar-refractivity contribution in [1.29, 1.82) is 0 Å². The van der Waals surface area contributed by atoms with E-state index < -0.39 is 0 Å². The largest absolute Gasteiger partial charge is 0.325 e. The van der Waals surface area contributed by atoms with Crippen molar-refractivity contribution in [2.24, 2.45) is 0 Å². The first kappa shape index (κ1) is 14.1. The second-order valence-corrected chi connectivity index (χ2v) is 6.33. The number of amides is 2. The van der Waals surface area contributed by atoms with Gasteiger partial charge in [0.05, 0.1) is 5.69 Å². The summed E-state index contributed by atoms with van der Waals surface area (Å²) < 4.78 is 0. The molecule has 1 aliphatic rings. The van der Waals surface area contributed by atoms with Crippen LogP contribution < -0.4 is 10.6 Å². The number of benzene rings is 1. The van der Waals surface area contributed by atoms with Crippen LogP contribution >= 0.6 is 11.3 Å². The monoisotopic (exact) mass is 301 g/mol. The highest BCUT2D eigenvalue weighted by atomic mass is 32.1. The number of carbonyl (C=O) groups is 1. The number of urea groups is 1. The van der Waals surface area contributed by atoms with Crippen LogP contribution in [0.4, 0.5) is 15.6 Å². The molecular weight excluding hydrogens is 282 g/mol. The Hall–Kier alpha value is -1.88. The van der Waals surface area contributed by atoms with E-state index in [0.29, 0.717) is 5.13 Å². The minimum absolute atomic E-state index is 0.233. The number of hydrogen-bond acceptors (Lipinski definition) is 3. The lowest BCUT2D eigenvalue weighted by molar-refractivity contribution is 0.262. The maximum absolute atomic E-state index is 12.0. The topological polar surface area (TPSA) is 54.0 Å². The minimum atomic E-state index is -0.233. The van der Waals surface area contributed by atoms with Gasteiger partial charge in [0.2, 0.25) is 0 Å². The predicted octanol–water partition coefficient (Wildman–Crippen LogP) is 4.45. The number of aryl methyl sites for hydroxylation is 2. The summed E-state index contributed by atoms with van der Waals surface area (Å²) in [4.78, 5) is 17.9. The van der Waals surface area contributed by atoms with Gasteiger partial charge in [-0.3, -0.25) is 5.32 Å². The molecule has 5 heteroatoms.